The van der Waals surface area contributed by atoms with E-state index in [0.717, 1.165) is 31.1 Å². The maximum atomic E-state index is 5.38. The van der Waals surface area contributed by atoms with Crippen molar-refractivity contribution in [1.82, 2.24) is 15.3 Å². The third-order valence-electron chi connectivity index (χ3n) is 3.20. The molecule has 0 bridgehead atoms. The number of imidazole rings is 1. The van der Waals surface area contributed by atoms with E-state index in [-0.39, 0.29) is 0 Å². The second-order valence-electron chi connectivity index (χ2n) is 4.27. The Kier molecular flexibility index (Phi) is 3.38. The van der Waals surface area contributed by atoms with Gasteiger partial charge < -0.3 is 15.0 Å². The van der Waals surface area contributed by atoms with Crippen molar-refractivity contribution in [2.45, 2.75) is 32.9 Å². The molecule has 1 aromatic rings. The normalized spacial score (nSPS) is 23.2. The van der Waals surface area contributed by atoms with E-state index in [1.54, 1.807) is 6.33 Å². The van der Waals surface area contributed by atoms with Gasteiger partial charge in [-0.3, -0.25) is 0 Å². The first-order valence-electron chi connectivity index (χ1n) is 5.57. The van der Waals surface area contributed by atoms with E-state index in [2.05, 4.69) is 22.2 Å². The Morgan fingerprint density at radius 1 is 1.73 bits per heavy atom. The van der Waals surface area contributed by atoms with Crippen LogP contribution in [0.5, 0.6) is 0 Å². The lowest BCUT2D eigenvalue weighted by Crippen LogP contribution is -2.33. The molecule has 1 fully saturated rings. The summed E-state index contributed by atoms with van der Waals surface area (Å²) < 4.78 is 5.38. The summed E-state index contributed by atoms with van der Waals surface area (Å²) in [4.78, 5) is 7.35. The van der Waals surface area contributed by atoms with Gasteiger partial charge in [0.25, 0.3) is 0 Å². The Balaban J connectivity index is 1.80. The third-order valence-corrected chi connectivity index (χ3v) is 3.20. The monoisotopic (exact) mass is 209 g/mol. The summed E-state index contributed by atoms with van der Waals surface area (Å²) in [6.45, 7) is 6.92. The average Bonchev–Trinajstić information content (AvgIpc) is 2.85. The van der Waals surface area contributed by atoms with Gasteiger partial charge in [0.05, 0.1) is 18.6 Å². The summed E-state index contributed by atoms with van der Waals surface area (Å²) in [5.74, 6) is 0.657. The van der Waals surface area contributed by atoms with Crippen molar-refractivity contribution < 1.29 is 4.74 Å². The van der Waals surface area contributed by atoms with Crippen LogP contribution in [0, 0.1) is 12.8 Å². The van der Waals surface area contributed by atoms with Gasteiger partial charge in [0.15, 0.2) is 0 Å². The summed E-state index contributed by atoms with van der Waals surface area (Å²) in [5, 5.41) is 3.51. The predicted octanol–water partition coefficient (Wildman–Crippen LogP) is 1.23. The van der Waals surface area contributed by atoms with Crippen LogP contribution in [0.2, 0.25) is 0 Å². The van der Waals surface area contributed by atoms with Crippen LogP contribution in [0.15, 0.2) is 6.33 Å². The zero-order valence-corrected chi connectivity index (χ0v) is 9.42. The number of H-pyrrole nitrogens is 1. The number of nitrogens with zero attached hydrogens (tertiary/aromatic N) is 1. The third kappa shape index (κ3) is 2.58. The van der Waals surface area contributed by atoms with Gasteiger partial charge in [0.1, 0.15) is 0 Å². The summed E-state index contributed by atoms with van der Waals surface area (Å²) in [6.07, 6.45) is 2.92. The van der Waals surface area contributed by atoms with E-state index in [1.807, 2.05) is 6.92 Å². The van der Waals surface area contributed by atoms with Crippen LogP contribution < -0.4 is 5.32 Å². The largest absolute Gasteiger partial charge is 0.381 e. The first kappa shape index (κ1) is 10.6. The Bertz CT molecular complexity index is 305. The van der Waals surface area contributed by atoms with Crippen LogP contribution in [0.1, 0.15) is 24.7 Å². The van der Waals surface area contributed by atoms with Gasteiger partial charge in [0, 0.05) is 24.9 Å². The van der Waals surface area contributed by atoms with Gasteiger partial charge in [-0.25, -0.2) is 4.98 Å². The highest BCUT2D eigenvalue weighted by Crippen LogP contribution is 2.16. The molecule has 2 rings (SSSR count). The summed E-state index contributed by atoms with van der Waals surface area (Å²) >= 11 is 0. The van der Waals surface area contributed by atoms with Gasteiger partial charge in [-0.2, -0.15) is 0 Å². The van der Waals surface area contributed by atoms with Crippen molar-refractivity contribution in [3.05, 3.63) is 17.7 Å². The van der Waals surface area contributed by atoms with E-state index in [0.29, 0.717) is 12.0 Å². The Labute approximate surface area is 90.4 Å². The SMILES string of the molecule is Cc1[nH]cnc1CNC(C)C1CCOC1. The summed E-state index contributed by atoms with van der Waals surface area (Å²) in [7, 11) is 0. The fourth-order valence-corrected chi connectivity index (χ4v) is 1.94. The van der Waals surface area contributed by atoms with Crippen LogP contribution in [0.4, 0.5) is 0 Å². The molecule has 1 aliphatic heterocycles. The van der Waals surface area contributed by atoms with Crippen molar-refractivity contribution in [2.75, 3.05) is 13.2 Å². The maximum absolute atomic E-state index is 5.38. The predicted molar refractivity (Wildman–Crippen MR) is 58.6 cm³/mol. The van der Waals surface area contributed by atoms with Crippen LogP contribution in [-0.2, 0) is 11.3 Å². The van der Waals surface area contributed by atoms with Crippen molar-refractivity contribution in [3.63, 3.8) is 0 Å². The molecular weight excluding hydrogens is 190 g/mol. The molecule has 2 unspecified atom stereocenters. The summed E-state index contributed by atoms with van der Waals surface area (Å²) in [6, 6.07) is 0.503. The van der Waals surface area contributed by atoms with E-state index in [4.69, 9.17) is 4.74 Å². The number of hydrogen-bond acceptors (Lipinski definition) is 3. The highest BCUT2D eigenvalue weighted by Gasteiger charge is 2.21. The van der Waals surface area contributed by atoms with E-state index in [9.17, 15) is 0 Å². The number of nitrogens with one attached hydrogen (secondary N) is 2. The second kappa shape index (κ2) is 4.77. The highest BCUT2D eigenvalue weighted by molar-refractivity contribution is 5.08. The molecule has 0 aliphatic carbocycles. The molecule has 1 aliphatic rings. The number of hydrogen-bond donors (Lipinski definition) is 2. The molecule has 1 aromatic heterocycles. The first-order chi connectivity index (χ1) is 7.27. The standard InChI is InChI=1S/C11H19N3O/c1-8(10-3-4-15-6-10)12-5-11-9(2)13-7-14-11/h7-8,10,12H,3-6H2,1-2H3,(H,13,14). The molecule has 4 heteroatoms. The minimum Gasteiger partial charge on any atom is -0.381 e. The Hall–Kier alpha value is -0.870. The van der Waals surface area contributed by atoms with Crippen LogP contribution in [0.25, 0.3) is 0 Å². The topological polar surface area (TPSA) is 49.9 Å². The molecular formula is C11H19N3O. The van der Waals surface area contributed by atoms with Crippen molar-refractivity contribution in [2.24, 2.45) is 5.92 Å². The molecule has 0 spiro atoms. The Morgan fingerprint density at radius 3 is 3.20 bits per heavy atom. The second-order valence-corrected chi connectivity index (χ2v) is 4.27. The molecule has 0 radical (unpaired) electrons. The number of rotatable bonds is 4. The molecule has 4 nitrogen and oxygen atoms in total. The fourth-order valence-electron chi connectivity index (χ4n) is 1.94. The van der Waals surface area contributed by atoms with Crippen LogP contribution >= 0.6 is 0 Å². The minimum absolute atomic E-state index is 0.503. The molecule has 15 heavy (non-hydrogen) atoms. The zero-order valence-electron chi connectivity index (χ0n) is 9.42. The number of aryl methyl sites for hydroxylation is 1. The van der Waals surface area contributed by atoms with Gasteiger partial charge >= 0.3 is 0 Å². The smallest absolute Gasteiger partial charge is 0.0925 e. The lowest BCUT2D eigenvalue weighted by molar-refractivity contribution is 0.178. The minimum atomic E-state index is 0.503. The number of aromatic nitrogens is 2. The van der Waals surface area contributed by atoms with Gasteiger partial charge in [-0.15, -0.1) is 0 Å². The molecule has 0 saturated carbocycles. The first-order valence-corrected chi connectivity index (χ1v) is 5.57. The van der Waals surface area contributed by atoms with Gasteiger partial charge in [-0.1, -0.05) is 0 Å². The fraction of sp³-hybridized carbons (Fsp3) is 0.727. The molecule has 84 valence electrons. The molecule has 0 amide bonds. The number of aromatic amines is 1. The number of ether oxygens (including phenoxy) is 1. The van der Waals surface area contributed by atoms with Gasteiger partial charge in [0.2, 0.25) is 0 Å². The quantitative estimate of drug-likeness (QED) is 0.784. The Morgan fingerprint density at radius 2 is 2.60 bits per heavy atom. The molecule has 2 heterocycles. The van der Waals surface area contributed by atoms with Gasteiger partial charge in [-0.05, 0) is 26.2 Å². The van der Waals surface area contributed by atoms with Crippen molar-refractivity contribution >= 4 is 0 Å². The van der Waals surface area contributed by atoms with Crippen LogP contribution in [-0.4, -0.2) is 29.2 Å². The van der Waals surface area contributed by atoms with E-state index < -0.39 is 0 Å². The molecule has 0 aromatic carbocycles. The van der Waals surface area contributed by atoms with Crippen LogP contribution in [0.3, 0.4) is 0 Å². The average molecular weight is 209 g/mol. The molecule has 2 atom stereocenters. The zero-order chi connectivity index (χ0) is 10.7. The molecule has 1 saturated heterocycles. The summed E-state index contributed by atoms with van der Waals surface area (Å²) in [5.41, 5.74) is 2.26. The van der Waals surface area contributed by atoms with E-state index in [1.165, 1.54) is 6.42 Å². The van der Waals surface area contributed by atoms with Crippen molar-refractivity contribution in [1.29, 1.82) is 0 Å². The lowest BCUT2D eigenvalue weighted by atomic mass is 10.0. The molecule has 2 N–H and O–H groups in total. The van der Waals surface area contributed by atoms with E-state index >= 15 is 0 Å². The maximum Gasteiger partial charge on any atom is 0.0925 e. The highest BCUT2D eigenvalue weighted by atomic mass is 16.5. The van der Waals surface area contributed by atoms with Crippen molar-refractivity contribution in [3.8, 4) is 0 Å². The lowest BCUT2D eigenvalue weighted by Gasteiger charge is -2.18.